The fourth-order valence-electron chi connectivity index (χ4n) is 2.95. The van der Waals surface area contributed by atoms with Gasteiger partial charge in [-0.3, -0.25) is 9.78 Å². The van der Waals surface area contributed by atoms with Crippen LogP contribution in [-0.4, -0.2) is 41.9 Å². The van der Waals surface area contributed by atoms with Gasteiger partial charge in [0.15, 0.2) is 6.04 Å². The number of aromatic nitrogens is 1. The van der Waals surface area contributed by atoms with Crippen molar-refractivity contribution in [2.45, 2.75) is 12.5 Å². The number of methoxy groups -OCH3 is 2. The highest BCUT2D eigenvalue weighted by atomic mass is 35.5. The number of nitrogens with two attached hydrogens (primary N) is 1. The number of nitrogens with zero attached hydrogens (tertiary/aromatic N) is 3. The zero-order valence-electron chi connectivity index (χ0n) is 15.0. The highest BCUT2D eigenvalue weighted by molar-refractivity contribution is 6.36. The molecule has 0 saturated carbocycles. The second-order valence-corrected chi connectivity index (χ2v) is 6.69. The van der Waals surface area contributed by atoms with Crippen molar-refractivity contribution >= 4 is 40.9 Å². The number of hydrogen-bond donors (Lipinski definition) is 1. The Labute approximate surface area is 170 Å². The predicted octanol–water partition coefficient (Wildman–Crippen LogP) is 2.95. The number of hydrogen-bond acceptors (Lipinski definition) is 6. The van der Waals surface area contributed by atoms with Gasteiger partial charge in [-0.2, -0.15) is 10.1 Å². The SMILES string of the molecule is COC(=O)N1N=C(Cc2c(Cl)cncc2Cl)c2ccc(OC)cc2C1C(N)=O. The number of benzene rings is 1. The van der Waals surface area contributed by atoms with Crippen molar-refractivity contribution in [1.29, 1.82) is 0 Å². The van der Waals surface area contributed by atoms with Gasteiger partial charge in [-0.15, -0.1) is 0 Å². The summed E-state index contributed by atoms with van der Waals surface area (Å²) < 4.78 is 10.0. The minimum atomic E-state index is -1.15. The van der Waals surface area contributed by atoms with Crippen molar-refractivity contribution in [3.05, 3.63) is 57.3 Å². The second-order valence-electron chi connectivity index (χ2n) is 5.88. The highest BCUT2D eigenvalue weighted by Gasteiger charge is 2.37. The molecule has 1 atom stereocenters. The first-order valence-electron chi connectivity index (χ1n) is 8.07. The van der Waals surface area contributed by atoms with Crippen LogP contribution in [0.15, 0.2) is 35.7 Å². The second kappa shape index (κ2) is 8.04. The van der Waals surface area contributed by atoms with Crippen LogP contribution in [0.1, 0.15) is 22.7 Å². The van der Waals surface area contributed by atoms with E-state index in [1.54, 1.807) is 18.2 Å². The average Bonchev–Trinajstić information content (AvgIpc) is 2.68. The normalized spacial score (nSPS) is 15.5. The molecule has 0 saturated heterocycles. The molecule has 3 rings (SSSR count). The van der Waals surface area contributed by atoms with E-state index in [1.807, 2.05) is 0 Å². The van der Waals surface area contributed by atoms with Gasteiger partial charge < -0.3 is 15.2 Å². The van der Waals surface area contributed by atoms with Crippen LogP contribution in [0.3, 0.4) is 0 Å². The van der Waals surface area contributed by atoms with E-state index in [0.717, 1.165) is 5.01 Å². The quantitative estimate of drug-likeness (QED) is 0.814. The monoisotopic (exact) mass is 422 g/mol. The molecule has 28 heavy (non-hydrogen) atoms. The number of carbonyl (C=O) groups excluding carboxylic acids is 2. The van der Waals surface area contributed by atoms with Crippen molar-refractivity contribution in [2.75, 3.05) is 14.2 Å². The number of ether oxygens (including phenoxy) is 2. The predicted molar refractivity (Wildman–Crippen MR) is 104 cm³/mol. The first-order chi connectivity index (χ1) is 13.4. The van der Waals surface area contributed by atoms with Gasteiger partial charge >= 0.3 is 6.09 Å². The zero-order chi connectivity index (χ0) is 20.4. The van der Waals surface area contributed by atoms with E-state index < -0.39 is 18.0 Å². The standard InChI is InChI=1S/C18H16Cl2N4O4/c1-27-9-3-4-10-11(5-9)16(17(21)25)24(18(26)28-2)23-15(10)6-12-13(19)7-22-8-14(12)20/h3-5,7-8,16H,6H2,1-2H3,(H2,21,25). The molecule has 0 bridgehead atoms. The third kappa shape index (κ3) is 3.61. The van der Waals surface area contributed by atoms with Crippen LogP contribution in [0.2, 0.25) is 10.0 Å². The van der Waals surface area contributed by atoms with Crippen molar-refractivity contribution in [3.8, 4) is 5.75 Å². The molecule has 1 aromatic heterocycles. The maximum absolute atomic E-state index is 12.3. The van der Waals surface area contributed by atoms with Gasteiger partial charge in [0, 0.05) is 24.4 Å². The summed E-state index contributed by atoms with van der Waals surface area (Å²) in [5.74, 6) is -0.265. The lowest BCUT2D eigenvalue weighted by atomic mass is 9.91. The van der Waals surface area contributed by atoms with E-state index in [2.05, 4.69) is 10.1 Å². The van der Waals surface area contributed by atoms with E-state index in [1.165, 1.54) is 26.6 Å². The maximum Gasteiger partial charge on any atom is 0.431 e. The largest absolute Gasteiger partial charge is 0.497 e. The fourth-order valence-corrected chi connectivity index (χ4v) is 3.45. The van der Waals surface area contributed by atoms with E-state index in [4.69, 9.17) is 38.4 Å². The summed E-state index contributed by atoms with van der Waals surface area (Å²) in [4.78, 5) is 28.3. The molecule has 10 heteroatoms. The number of primary amides is 1. The molecule has 0 spiro atoms. The van der Waals surface area contributed by atoms with E-state index in [9.17, 15) is 9.59 Å². The number of pyridine rings is 1. The lowest BCUT2D eigenvalue weighted by molar-refractivity contribution is -0.123. The first kappa shape index (κ1) is 19.9. The van der Waals surface area contributed by atoms with Crippen LogP contribution < -0.4 is 10.5 Å². The Balaban J connectivity index is 2.18. The van der Waals surface area contributed by atoms with Crippen molar-refractivity contribution < 1.29 is 19.1 Å². The molecule has 0 aliphatic carbocycles. The van der Waals surface area contributed by atoms with Crippen molar-refractivity contribution in [1.82, 2.24) is 9.99 Å². The number of halogens is 2. The molecular weight excluding hydrogens is 407 g/mol. The van der Waals surface area contributed by atoms with E-state index in [0.29, 0.717) is 38.2 Å². The molecule has 0 radical (unpaired) electrons. The Hall–Kier alpha value is -2.84. The van der Waals surface area contributed by atoms with Crippen LogP contribution in [-0.2, 0) is 16.0 Å². The Morgan fingerprint density at radius 3 is 2.46 bits per heavy atom. The lowest BCUT2D eigenvalue weighted by Gasteiger charge is -2.31. The average molecular weight is 423 g/mol. The third-order valence-corrected chi connectivity index (χ3v) is 4.92. The maximum atomic E-state index is 12.3. The summed E-state index contributed by atoms with van der Waals surface area (Å²) in [5.41, 5.74) is 7.67. The molecule has 1 aromatic carbocycles. The van der Waals surface area contributed by atoms with Crippen LogP contribution in [0.5, 0.6) is 5.75 Å². The van der Waals surface area contributed by atoms with Gasteiger partial charge in [0.05, 0.1) is 30.0 Å². The molecule has 8 nitrogen and oxygen atoms in total. The van der Waals surface area contributed by atoms with Crippen LogP contribution >= 0.6 is 23.2 Å². The third-order valence-electron chi connectivity index (χ3n) is 4.26. The molecule has 2 amide bonds. The van der Waals surface area contributed by atoms with Gasteiger partial charge in [-0.05, 0) is 29.3 Å². The molecule has 1 unspecified atom stereocenters. The molecule has 2 N–H and O–H groups in total. The number of carbonyl (C=O) groups is 2. The molecule has 2 heterocycles. The molecule has 1 aliphatic rings. The minimum absolute atomic E-state index is 0.193. The van der Waals surface area contributed by atoms with Gasteiger partial charge in [0.25, 0.3) is 0 Å². The van der Waals surface area contributed by atoms with Crippen molar-refractivity contribution in [2.24, 2.45) is 10.8 Å². The number of hydrazone groups is 1. The molecule has 146 valence electrons. The first-order valence-corrected chi connectivity index (χ1v) is 8.83. The molecular formula is C18H16Cl2N4O4. The van der Waals surface area contributed by atoms with E-state index in [-0.39, 0.29) is 6.42 Å². The summed E-state index contributed by atoms with van der Waals surface area (Å²) in [6.45, 7) is 0. The van der Waals surface area contributed by atoms with Gasteiger partial charge in [0.2, 0.25) is 5.91 Å². The zero-order valence-corrected chi connectivity index (χ0v) is 16.5. The lowest BCUT2D eigenvalue weighted by Crippen LogP contribution is -2.42. The van der Waals surface area contributed by atoms with Crippen LogP contribution in [0.4, 0.5) is 4.79 Å². The Kier molecular flexibility index (Phi) is 5.71. The van der Waals surface area contributed by atoms with Crippen molar-refractivity contribution in [3.63, 3.8) is 0 Å². The minimum Gasteiger partial charge on any atom is -0.497 e. The summed E-state index contributed by atoms with van der Waals surface area (Å²) in [6.07, 6.45) is 2.29. The van der Waals surface area contributed by atoms with Gasteiger partial charge in [-0.25, -0.2) is 4.79 Å². The van der Waals surface area contributed by atoms with Crippen LogP contribution in [0, 0.1) is 0 Å². The van der Waals surface area contributed by atoms with E-state index >= 15 is 0 Å². The fraction of sp³-hybridized carbons (Fsp3) is 0.222. The molecule has 2 aromatic rings. The Morgan fingerprint density at radius 1 is 1.21 bits per heavy atom. The number of rotatable bonds is 4. The van der Waals surface area contributed by atoms with Gasteiger partial charge in [-0.1, -0.05) is 23.2 Å². The topological polar surface area (TPSA) is 107 Å². The highest BCUT2D eigenvalue weighted by Crippen LogP contribution is 2.35. The summed E-state index contributed by atoms with van der Waals surface area (Å²) in [6, 6.07) is 3.94. The summed E-state index contributed by atoms with van der Waals surface area (Å²) in [5, 5.41) is 5.94. The number of fused-ring (bicyclic) bond motifs is 1. The number of amides is 2. The Bertz CT molecular complexity index is 960. The summed E-state index contributed by atoms with van der Waals surface area (Å²) in [7, 11) is 2.68. The van der Waals surface area contributed by atoms with Crippen LogP contribution in [0.25, 0.3) is 0 Å². The Morgan fingerprint density at radius 2 is 1.89 bits per heavy atom. The summed E-state index contributed by atoms with van der Waals surface area (Å²) >= 11 is 12.5. The van der Waals surface area contributed by atoms with Gasteiger partial charge in [0.1, 0.15) is 5.75 Å². The molecule has 1 aliphatic heterocycles. The molecule has 0 fully saturated rings. The smallest absolute Gasteiger partial charge is 0.431 e.